The first kappa shape index (κ1) is 16.5. The Labute approximate surface area is 125 Å². The van der Waals surface area contributed by atoms with Crippen LogP contribution < -0.4 is 4.72 Å². The standard InChI is InChI=1S/C13H13F3N2O3S/c1-8-12(9(2)21-18-8)22(19,20)17-7-10-4-3-5-11(6-10)13(14,15)16/h3-6,17H,7H2,1-2H3. The van der Waals surface area contributed by atoms with E-state index in [0.717, 1.165) is 12.1 Å². The molecular weight excluding hydrogens is 321 g/mol. The van der Waals surface area contributed by atoms with Crippen LogP contribution in [0.4, 0.5) is 13.2 Å². The topological polar surface area (TPSA) is 72.2 Å². The van der Waals surface area contributed by atoms with Crippen LogP contribution in [0.3, 0.4) is 0 Å². The summed E-state index contributed by atoms with van der Waals surface area (Å²) in [4.78, 5) is -0.0977. The molecule has 0 spiro atoms. The Bertz CT molecular complexity index is 763. The maximum absolute atomic E-state index is 12.6. The van der Waals surface area contributed by atoms with Crippen LogP contribution in [0.1, 0.15) is 22.6 Å². The molecule has 22 heavy (non-hydrogen) atoms. The van der Waals surface area contributed by atoms with E-state index in [1.807, 2.05) is 0 Å². The van der Waals surface area contributed by atoms with Crippen LogP contribution in [-0.4, -0.2) is 13.6 Å². The van der Waals surface area contributed by atoms with E-state index in [4.69, 9.17) is 4.52 Å². The van der Waals surface area contributed by atoms with Crippen LogP contribution in [0.2, 0.25) is 0 Å². The first-order valence-corrected chi connectivity index (χ1v) is 7.68. The lowest BCUT2D eigenvalue weighted by Crippen LogP contribution is -2.24. The van der Waals surface area contributed by atoms with Gasteiger partial charge in [-0.3, -0.25) is 0 Å². The second kappa shape index (κ2) is 5.73. The molecule has 0 saturated carbocycles. The molecule has 5 nitrogen and oxygen atoms in total. The smallest absolute Gasteiger partial charge is 0.360 e. The molecule has 1 N–H and O–H groups in total. The summed E-state index contributed by atoms with van der Waals surface area (Å²) in [6.45, 7) is 2.64. The highest BCUT2D eigenvalue weighted by atomic mass is 32.2. The zero-order chi connectivity index (χ0) is 16.5. The van der Waals surface area contributed by atoms with E-state index in [1.54, 1.807) is 0 Å². The zero-order valence-electron chi connectivity index (χ0n) is 11.7. The number of hydrogen-bond acceptors (Lipinski definition) is 4. The molecule has 9 heteroatoms. The van der Waals surface area contributed by atoms with Crippen LogP contribution in [-0.2, 0) is 22.7 Å². The number of nitrogens with zero attached hydrogens (tertiary/aromatic N) is 1. The molecule has 2 rings (SSSR count). The Hall–Kier alpha value is -1.87. The molecule has 2 aromatic rings. The maximum atomic E-state index is 12.6. The summed E-state index contributed by atoms with van der Waals surface area (Å²) in [6, 6.07) is 4.45. The van der Waals surface area contributed by atoms with E-state index in [9.17, 15) is 21.6 Å². The van der Waals surface area contributed by atoms with Crippen molar-refractivity contribution in [3.63, 3.8) is 0 Å². The highest BCUT2D eigenvalue weighted by Crippen LogP contribution is 2.29. The minimum Gasteiger partial charge on any atom is -0.360 e. The molecule has 1 aromatic heterocycles. The van der Waals surface area contributed by atoms with Crippen molar-refractivity contribution in [1.82, 2.24) is 9.88 Å². The second-order valence-corrected chi connectivity index (χ2v) is 6.38. The Morgan fingerprint density at radius 2 is 1.95 bits per heavy atom. The second-order valence-electron chi connectivity index (χ2n) is 4.68. The van der Waals surface area contributed by atoms with E-state index in [1.165, 1.54) is 26.0 Å². The van der Waals surface area contributed by atoms with Crippen molar-refractivity contribution in [2.45, 2.75) is 31.5 Å². The van der Waals surface area contributed by atoms with Gasteiger partial charge in [0.25, 0.3) is 0 Å². The molecule has 1 heterocycles. The van der Waals surface area contributed by atoms with Crippen molar-refractivity contribution in [2.24, 2.45) is 0 Å². The van der Waals surface area contributed by atoms with Crippen molar-refractivity contribution in [3.8, 4) is 0 Å². The monoisotopic (exact) mass is 334 g/mol. The average Bonchev–Trinajstić information content (AvgIpc) is 2.76. The first-order chi connectivity index (χ1) is 10.1. The summed E-state index contributed by atoms with van der Waals surface area (Å²) in [7, 11) is -3.91. The minimum atomic E-state index is -4.48. The van der Waals surface area contributed by atoms with Gasteiger partial charge >= 0.3 is 6.18 Å². The van der Waals surface area contributed by atoms with Gasteiger partial charge in [0.1, 0.15) is 10.6 Å². The number of aromatic nitrogens is 1. The fourth-order valence-electron chi connectivity index (χ4n) is 1.97. The Morgan fingerprint density at radius 3 is 2.50 bits per heavy atom. The predicted molar refractivity (Wildman–Crippen MR) is 71.4 cm³/mol. The van der Waals surface area contributed by atoms with Gasteiger partial charge in [0.05, 0.1) is 5.56 Å². The largest absolute Gasteiger partial charge is 0.416 e. The van der Waals surface area contributed by atoms with Crippen LogP contribution in [0, 0.1) is 13.8 Å². The van der Waals surface area contributed by atoms with E-state index >= 15 is 0 Å². The van der Waals surface area contributed by atoms with Gasteiger partial charge in [-0.25, -0.2) is 13.1 Å². The Kier molecular flexibility index (Phi) is 4.30. The van der Waals surface area contributed by atoms with Crippen molar-refractivity contribution in [3.05, 3.63) is 46.8 Å². The molecule has 0 amide bonds. The lowest BCUT2D eigenvalue weighted by Gasteiger charge is -2.10. The van der Waals surface area contributed by atoms with Crippen LogP contribution in [0.25, 0.3) is 0 Å². The minimum absolute atomic E-state index is 0.0977. The molecule has 0 aliphatic carbocycles. The normalized spacial score (nSPS) is 12.6. The van der Waals surface area contributed by atoms with E-state index in [0.29, 0.717) is 0 Å². The third-order valence-electron chi connectivity index (χ3n) is 2.96. The van der Waals surface area contributed by atoms with Gasteiger partial charge in [0.15, 0.2) is 5.76 Å². The van der Waals surface area contributed by atoms with Crippen LogP contribution in [0.5, 0.6) is 0 Å². The molecule has 0 unspecified atom stereocenters. The van der Waals surface area contributed by atoms with Crippen LogP contribution in [0.15, 0.2) is 33.7 Å². The zero-order valence-corrected chi connectivity index (χ0v) is 12.5. The Morgan fingerprint density at radius 1 is 1.27 bits per heavy atom. The van der Waals surface area contributed by atoms with Gasteiger partial charge in [0, 0.05) is 6.54 Å². The number of halogens is 3. The molecular formula is C13H13F3N2O3S. The number of nitrogens with one attached hydrogen (secondary N) is 1. The summed E-state index contributed by atoms with van der Waals surface area (Å²) in [5.74, 6) is 0.119. The van der Waals surface area contributed by atoms with Crippen molar-refractivity contribution in [1.29, 1.82) is 0 Å². The highest BCUT2D eigenvalue weighted by molar-refractivity contribution is 7.89. The lowest BCUT2D eigenvalue weighted by molar-refractivity contribution is -0.137. The molecule has 0 bridgehead atoms. The van der Waals surface area contributed by atoms with Crippen molar-refractivity contribution in [2.75, 3.05) is 0 Å². The molecule has 120 valence electrons. The molecule has 0 fully saturated rings. The third-order valence-corrected chi connectivity index (χ3v) is 4.60. The molecule has 0 aliphatic rings. The predicted octanol–water partition coefficient (Wildman–Crippen LogP) is 2.79. The summed E-state index contributed by atoms with van der Waals surface area (Å²) < 4.78 is 69.2. The van der Waals surface area contributed by atoms with Gasteiger partial charge in [-0.2, -0.15) is 13.2 Å². The summed E-state index contributed by atoms with van der Waals surface area (Å²) >= 11 is 0. The number of alkyl halides is 3. The van der Waals surface area contributed by atoms with Gasteiger partial charge < -0.3 is 4.52 Å². The highest BCUT2D eigenvalue weighted by Gasteiger charge is 2.30. The molecule has 0 aliphatic heterocycles. The van der Waals surface area contributed by atoms with Gasteiger partial charge in [-0.05, 0) is 25.5 Å². The fraction of sp³-hybridized carbons (Fsp3) is 0.308. The fourth-order valence-corrected chi connectivity index (χ4v) is 3.31. The van der Waals surface area contributed by atoms with Crippen molar-refractivity contribution >= 4 is 10.0 Å². The van der Waals surface area contributed by atoms with E-state index in [-0.39, 0.29) is 28.5 Å². The Balaban J connectivity index is 2.20. The van der Waals surface area contributed by atoms with Gasteiger partial charge in [0.2, 0.25) is 10.0 Å². The van der Waals surface area contributed by atoms with Crippen molar-refractivity contribution < 1.29 is 26.1 Å². The van der Waals surface area contributed by atoms with Crippen LogP contribution >= 0.6 is 0 Å². The van der Waals surface area contributed by atoms with E-state index < -0.39 is 21.8 Å². The van der Waals surface area contributed by atoms with E-state index in [2.05, 4.69) is 9.88 Å². The summed E-state index contributed by atoms with van der Waals surface area (Å²) in [5, 5.41) is 3.54. The SMILES string of the molecule is Cc1noc(C)c1S(=O)(=O)NCc1cccc(C(F)(F)F)c1. The average molecular weight is 334 g/mol. The van der Waals surface area contributed by atoms with Gasteiger partial charge in [-0.15, -0.1) is 0 Å². The van der Waals surface area contributed by atoms with Gasteiger partial charge in [-0.1, -0.05) is 23.4 Å². The number of sulfonamides is 1. The molecule has 1 aromatic carbocycles. The number of rotatable bonds is 4. The summed E-state index contributed by atoms with van der Waals surface area (Å²) in [6.07, 6.45) is -4.48. The third kappa shape index (κ3) is 3.47. The summed E-state index contributed by atoms with van der Waals surface area (Å²) in [5.41, 5.74) is -0.444. The quantitative estimate of drug-likeness (QED) is 0.933. The lowest BCUT2D eigenvalue weighted by atomic mass is 10.1. The number of benzene rings is 1. The molecule has 0 radical (unpaired) electrons. The number of aryl methyl sites for hydroxylation is 2. The maximum Gasteiger partial charge on any atom is 0.416 e. The first-order valence-electron chi connectivity index (χ1n) is 6.20. The molecule has 0 atom stereocenters. The number of hydrogen-bond donors (Lipinski definition) is 1. The molecule has 0 saturated heterocycles.